The second-order valence-corrected chi connectivity index (χ2v) is 9.79. The van der Waals surface area contributed by atoms with E-state index in [2.05, 4.69) is 20.7 Å². The first kappa shape index (κ1) is 26.0. The number of nitrogens with one attached hydrogen (secondary N) is 2. The third-order valence-electron chi connectivity index (χ3n) is 6.55. The first-order valence-electron chi connectivity index (χ1n) is 11.7. The van der Waals surface area contributed by atoms with Crippen LogP contribution in [0.1, 0.15) is 52.7 Å². The number of fused-ring (bicyclic) bond motifs is 1. The molecule has 0 atom stereocenters. The maximum atomic E-state index is 13.6. The molecule has 0 bridgehead atoms. The van der Waals surface area contributed by atoms with Crippen molar-refractivity contribution < 1.29 is 22.8 Å². The second-order valence-electron chi connectivity index (χ2n) is 9.01. The Bertz CT molecular complexity index is 1580. The van der Waals surface area contributed by atoms with Crippen molar-refractivity contribution in [2.75, 3.05) is 5.32 Å². The fourth-order valence-electron chi connectivity index (χ4n) is 4.18. The van der Waals surface area contributed by atoms with Crippen molar-refractivity contribution in [1.29, 1.82) is 0 Å². The molecule has 0 aliphatic heterocycles. The highest BCUT2D eigenvalue weighted by Crippen LogP contribution is 2.40. The molecule has 0 saturated heterocycles. The zero-order chi connectivity index (χ0) is 27.2. The minimum absolute atomic E-state index is 0.0172. The fourth-order valence-corrected chi connectivity index (χ4v) is 4.71. The summed E-state index contributed by atoms with van der Waals surface area (Å²) < 4.78 is 41.4. The van der Waals surface area contributed by atoms with Gasteiger partial charge in [-0.15, -0.1) is 0 Å². The summed E-state index contributed by atoms with van der Waals surface area (Å²) in [5.74, 6) is -1.61. The van der Waals surface area contributed by atoms with Crippen LogP contribution in [0.25, 0.3) is 16.6 Å². The van der Waals surface area contributed by atoms with E-state index in [-0.39, 0.29) is 32.7 Å². The summed E-state index contributed by atoms with van der Waals surface area (Å²) in [6, 6.07) is 12.1. The van der Waals surface area contributed by atoms with Gasteiger partial charge in [-0.05, 0) is 42.8 Å². The van der Waals surface area contributed by atoms with Gasteiger partial charge in [0.2, 0.25) is 0 Å². The maximum absolute atomic E-state index is 13.6. The zero-order valence-electron chi connectivity index (χ0n) is 19.9. The third-order valence-corrected chi connectivity index (χ3v) is 7.24. The molecule has 0 unspecified atom stereocenters. The minimum atomic E-state index is -4.84. The molecule has 38 heavy (non-hydrogen) atoms. The molecule has 2 N–H and O–H groups in total. The average molecular weight is 562 g/mol. The molecule has 2 aromatic carbocycles. The molecule has 2 heterocycles. The molecule has 2 aromatic heterocycles. The molecule has 1 fully saturated rings. The normalized spacial score (nSPS) is 14.4. The van der Waals surface area contributed by atoms with Crippen molar-refractivity contribution in [3.05, 3.63) is 81.7 Å². The molecule has 2 amide bonds. The lowest BCUT2D eigenvalue weighted by Crippen LogP contribution is -2.36. The van der Waals surface area contributed by atoms with Crippen molar-refractivity contribution in [2.45, 2.75) is 37.9 Å². The summed E-state index contributed by atoms with van der Waals surface area (Å²) >= 11 is 12.8. The Morgan fingerprint density at radius 2 is 1.82 bits per heavy atom. The Morgan fingerprint density at radius 3 is 2.47 bits per heavy atom. The van der Waals surface area contributed by atoms with Crippen LogP contribution >= 0.6 is 23.2 Å². The second kappa shape index (κ2) is 9.59. The lowest BCUT2D eigenvalue weighted by Gasteiger charge is -2.19. The smallest absolute Gasteiger partial charge is 0.347 e. The van der Waals surface area contributed by atoms with Gasteiger partial charge in [-0.1, -0.05) is 54.4 Å². The van der Waals surface area contributed by atoms with Gasteiger partial charge in [-0.2, -0.15) is 18.3 Å². The van der Waals surface area contributed by atoms with Gasteiger partial charge in [-0.3, -0.25) is 9.59 Å². The van der Waals surface area contributed by atoms with Gasteiger partial charge < -0.3 is 10.6 Å². The first-order valence-corrected chi connectivity index (χ1v) is 12.4. The van der Waals surface area contributed by atoms with Crippen LogP contribution in [-0.2, 0) is 6.18 Å². The van der Waals surface area contributed by atoms with Gasteiger partial charge in [0.05, 0.1) is 21.3 Å². The Balaban J connectivity index is 1.61. The van der Waals surface area contributed by atoms with E-state index in [0.717, 1.165) is 19.3 Å². The molecule has 1 aliphatic rings. The maximum Gasteiger partial charge on any atom is 0.435 e. The molecule has 196 valence electrons. The average Bonchev–Trinajstić information content (AvgIpc) is 3.50. The summed E-state index contributed by atoms with van der Waals surface area (Å²) in [5, 5.41) is 10.4. The Hall–Kier alpha value is -3.63. The van der Waals surface area contributed by atoms with Crippen LogP contribution in [0.2, 0.25) is 10.0 Å². The van der Waals surface area contributed by atoms with Gasteiger partial charge in [0.1, 0.15) is 5.69 Å². The molecule has 1 aliphatic carbocycles. The predicted molar refractivity (Wildman–Crippen MR) is 138 cm³/mol. The van der Waals surface area contributed by atoms with Crippen LogP contribution in [0.3, 0.4) is 0 Å². The topological polar surface area (TPSA) is 88.9 Å². The van der Waals surface area contributed by atoms with E-state index >= 15 is 0 Å². The van der Waals surface area contributed by atoms with Gasteiger partial charge in [0, 0.05) is 23.2 Å². The van der Waals surface area contributed by atoms with E-state index in [9.17, 15) is 22.8 Å². The number of hydrogen-bond acceptors (Lipinski definition) is 4. The van der Waals surface area contributed by atoms with Crippen LogP contribution in [0, 0.1) is 0 Å². The van der Waals surface area contributed by atoms with Gasteiger partial charge in [0.15, 0.2) is 11.5 Å². The number of amides is 2. The van der Waals surface area contributed by atoms with E-state index in [0.29, 0.717) is 21.5 Å². The van der Waals surface area contributed by atoms with Gasteiger partial charge in [-0.25, -0.2) is 9.67 Å². The minimum Gasteiger partial charge on any atom is -0.347 e. The van der Waals surface area contributed by atoms with Gasteiger partial charge >= 0.3 is 6.18 Å². The highest BCUT2D eigenvalue weighted by atomic mass is 35.5. The van der Waals surface area contributed by atoms with Crippen LogP contribution < -0.4 is 10.6 Å². The van der Waals surface area contributed by atoms with E-state index in [1.807, 2.05) is 6.92 Å². The van der Waals surface area contributed by atoms with Crippen molar-refractivity contribution in [3.63, 3.8) is 0 Å². The number of benzene rings is 2. The van der Waals surface area contributed by atoms with Crippen molar-refractivity contribution in [1.82, 2.24) is 20.1 Å². The SMILES string of the molecule is CCC1(NC(=O)c2cc3ccccc3c(Cl)c2NC(=O)c2cc(C(F)(F)F)nn2-c2ncccc2Cl)CC1. The first-order chi connectivity index (χ1) is 18.0. The molecule has 1 saturated carbocycles. The quantitative estimate of drug-likeness (QED) is 0.275. The summed E-state index contributed by atoms with van der Waals surface area (Å²) in [6.45, 7) is 1.96. The van der Waals surface area contributed by atoms with E-state index in [1.165, 1.54) is 18.3 Å². The fraction of sp³-hybridized carbons (Fsp3) is 0.231. The Kier molecular flexibility index (Phi) is 6.56. The predicted octanol–water partition coefficient (Wildman–Crippen LogP) is 6.67. The van der Waals surface area contributed by atoms with Crippen LogP contribution in [0.5, 0.6) is 0 Å². The van der Waals surface area contributed by atoms with Crippen molar-refractivity contribution in [2.24, 2.45) is 0 Å². The summed E-state index contributed by atoms with van der Waals surface area (Å²) in [4.78, 5) is 30.8. The van der Waals surface area contributed by atoms with Crippen LogP contribution in [0.15, 0.2) is 54.7 Å². The number of aromatic nitrogens is 3. The highest BCUT2D eigenvalue weighted by molar-refractivity contribution is 6.40. The molecule has 0 spiro atoms. The van der Waals surface area contributed by atoms with Crippen molar-refractivity contribution >= 4 is 51.5 Å². The lowest BCUT2D eigenvalue weighted by atomic mass is 10.0. The Labute approximate surface area is 224 Å². The van der Waals surface area contributed by atoms with Crippen molar-refractivity contribution in [3.8, 4) is 5.82 Å². The largest absolute Gasteiger partial charge is 0.435 e. The highest BCUT2D eigenvalue weighted by Gasteiger charge is 2.42. The number of pyridine rings is 1. The molecule has 7 nitrogen and oxygen atoms in total. The number of anilines is 1. The van der Waals surface area contributed by atoms with E-state index in [1.54, 1.807) is 30.3 Å². The number of alkyl halides is 3. The molecule has 0 radical (unpaired) electrons. The lowest BCUT2D eigenvalue weighted by molar-refractivity contribution is -0.141. The van der Waals surface area contributed by atoms with Gasteiger partial charge in [0.25, 0.3) is 11.8 Å². The molecule has 12 heteroatoms. The zero-order valence-corrected chi connectivity index (χ0v) is 21.4. The summed E-state index contributed by atoms with van der Waals surface area (Å²) in [6.07, 6.45) is -1.16. The summed E-state index contributed by atoms with van der Waals surface area (Å²) in [7, 11) is 0. The number of carbonyl (C=O) groups excluding carboxylic acids is 2. The molecule has 5 rings (SSSR count). The monoisotopic (exact) mass is 561 g/mol. The summed E-state index contributed by atoms with van der Waals surface area (Å²) in [5.41, 5.74) is -2.09. The molecular weight excluding hydrogens is 542 g/mol. The van der Waals surface area contributed by atoms with Crippen LogP contribution in [0.4, 0.5) is 18.9 Å². The molecule has 4 aromatic rings. The number of rotatable bonds is 6. The standard InChI is InChI=1S/C26H20Cl2F3N5O2/c1-2-25(9-10-25)34-23(37)16-12-14-6-3-4-7-15(14)20(28)21(16)33-24(38)18-13-19(26(29,30)31)35-36(18)22-17(27)8-5-11-32-22/h3-8,11-13H,2,9-10H2,1H3,(H,33,38)(H,34,37). The number of nitrogens with zero attached hydrogens (tertiary/aromatic N) is 3. The van der Waals surface area contributed by atoms with Crippen LogP contribution in [-0.4, -0.2) is 32.1 Å². The van der Waals surface area contributed by atoms with E-state index < -0.39 is 29.4 Å². The number of carbonyl (C=O) groups is 2. The number of halogens is 5. The third kappa shape index (κ3) is 4.81. The number of hydrogen-bond donors (Lipinski definition) is 2. The van der Waals surface area contributed by atoms with E-state index in [4.69, 9.17) is 23.2 Å². The Morgan fingerprint density at radius 1 is 1.08 bits per heavy atom. The molecular formula is C26H20Cl2F3N5O2.